The van der Waals surface area contributed by atoms with E-state index < -0.39 is 5.97 Å². The maximum Gasteiger partial charge on any atom is 0.303 e. The van der Waals surface area contributed by atoms with Gasteiger partial charge in [0.25, 0.3) is 0 Å². The molecule has 0 saturated heterocycles. The first-order valence-corrected chi connectivity index (χ1v) is 6.59. The predicted molar refractivity (Wildman–Crippen MR) is 75.7 cm³/mol. The number of carboxylic acid groups (broad SMARTS) is 1. The molecular weight excluding hydrogens is 272 g/mol. The van der Waals surface area contributed by atoms with Gasteiger partial charge in [0, 0.05) is 24.7 Å². The van der Waals surface area contributed by atoms with Crippen LogP contribution in [0.15, 0.2) is 36.5 Å². The first-order valence-electron chi connectivity index (χ1n) is 6.59. The normalized spacial score (nSPS) is 10.3. The maximum absolute atomic E-state index is 11.8. The van der Waals surface area contributed by atoms with Crippen molar-refractivity contribution in [2.24, 2.45) is 0 Å². The van der Waals surface area contributed by atoms with E-state index in [1.54, 1.807) is 10.9 Å². The zero-order chi connectivity index (χ0) is 15.1. The van der Waals surface area contributed by atoms with Crippen LogP contribution >= 0.6 is 0 Å². The average Bonchev–Trinajstić information content (AvgIpc) is 2.92. The number of anilines is 1. The van der Waals surface area contributed by atoms with Gasteiger partial charge in [-0.25, -0.2) is 0 Å². The lowest BCUT2D eigenvalue weighted by molar-refractivity contribution is -0.137. The Labute approximate surface area is 121 Å². The van der Waals surface area contributed by atoms with Crippen LogP contribution in [0.3, 0.4) is 0 Å². The number of para-hydroxylation sites is 1. The summed E-state index contributed by atoms with van der Waals surface area (Å²) in [5.74, 6) is -0.976. The molecular formula is C14H16N4O3. The summed E-state index contributed by atoms with van der Waals surface area (Å²) in [6.07, 6.45) is 2.30. The van der Waals surface area contributed by atoms with Crippen LogP contribution in [0.1, 0.15) is 18.5 Å². The minimum Gasteiger partial charge on any atom is -0.481 e. The number of carbonyl (C=O) groups is 2. The molecule has 0 aliphatic heterocycles. The van der Waals surface area contributed by atoms with Crippen LogP contribution in [0, 0.1) is 0 Å². The monoisotopic (exact) mass is 288 g/mol. The van der Waals surface area contributed by atoms with Gasteiger partial charge in [0.15, 0.2) is 0 Å². The number of hydrogen-bond donors (Lipinski definition) is 2. The van der Waals surface area contributed by atoms with Gasteiger partial charge < -0.3 is 10.4 Å². The molecule has 0 aliphatic rings. The van der Waals surface area contributed by atoms with Gasteiger partial charge in [-0.1, -0.05) is 23.4 Å². The largest absolute Gasteiger partial charge is 0.481 e. The SMILES string of the molecule is O=C(O)CCc1cn(CCC(=O)Nc2ccccc2)nn1. The second-order valence-electron chi connectivity index (χ2n) is 4.53. The minimum absolute atomic E-state index is 0.0210. The summed E-state index contributed by atoms with van der Waals surface area (Å²) in [4.78, 5) is 22.2. The van der Waals surface area contributed by atoms with E-state index in [9.17, 15) is 9.59 Å². The molecule has 0 fully saturated rings. The molecule has 1 aromatic heterocycles. The molecule has 2 aromatic rings. The molecule has 2 N–H and O–H groups in total. The van der Waals surface area contributed by atoms with Gasteiger partial charge >= 0.3 is 5.97 Å². The van der Waals surface area contributed by atoms with Crippen molar-refractivity contribution < 1.29 is 14.7 Å². The van der Waals surface area contributed by atoms with E-state index in [2.05, 4.69) is 15.6 Å². The predicted octanol–water partition coefficient (Wildman–Crippen LogP) is 1.32. The topological polar surface area (TPSA) is 97.1 Å². The van der Waals surface area contributed by atoms with Crippen molar-refractivity contribution in [3.63, 3.8) is 0 Å². The first kappa shape index (κ1) is 14.7. The number of aryl methyl sites for hydroxylation is 2. The van der Waals surface area contributed by atoms with Gasteiger partial charge in [-0.15, -0.1) is 5.10 Å². The third-order valence-corrected chi connectivity index (χ3v) is 2.81. The number of rotatable bonds is 7. The molecule has 1 heterocycles. The van der Waals surface area contributed by atoms with Crippen molar-refractivity contribution in [3.8, 4) is 0 Å². The molecule has 21 heavy (non-hydrogen) atoms. The molecule has 7 heteroatoms. The summed E-state index contributed by atoms with van der Waals surface area (Å²) >= 11 is 0. The Morgan fingerprint density at radius 3 is 2.67 bits per heavy atom. The summed E-state index contributed by atoms with van der Waals surface area (Å²) in [5, 5.41) is 19.1. The van der Waals surface area contributed by atoms with Crippen molar-refractivity contribution in [2.75, 3.05) is 5.32 Å². The lowest BCUT2D eigenvalue weighted by Gasteiger charge is -2.04. The smallest absolute Gasteiger partial charge is 0.303 e. The number of nitrogens with zero attached hydrogens (tertiary/aromatic N) is 3. The second-order valence-corrected chi connectivity index (χ2v) is 4.53. The summed E-state index contributed by atoms with van der Waals surface area (Å²) < 4.78 is 1.54. The highest BCUT2D eigenvalue weighted by atomic mass is 16.4. The van der Waals surface area contributed by atoms with Gasteiger partial charge in [0.2, 0.25) is 5.91 Å². The molecule has 1 amide bonds. The Morgan fingerprint density at radius 1 is 1.19 bits per heavy atom. The van der Waals surface area contributed by atoms with E-state index in [0.29, 0.717) is 18.7 Å². The van der Waals surface area contributed by atoms with Crippen LogP contribution < -0.4 is 5.32 Å². The van der Waals surface area contributed by atoms with E-state index in [-0.39, 0.29) is 18.7 Å². The Balaban J connectivity index is 1.77. The van der Waals surface area contributed by atoms with E-state index in [4.69, 9.17) is 5.11 Å². The van der Waals surface area contributed by atoms with E-state index in [1.165, 1.54) is 0 Å². The average molecular weight is 288 g/mol. The fraction of sp³-hybridized carbons (Fsp3) is 0.286. The van der Waals surface area contributed by atoms with Crippen molar-refractivity contribution in [1.82, 2.24) is 15.0 Å². The highest BCUT2D eigenvalue weighted by molar-refractivity contribution is 5.90. The van der Waals surface area contributed by atoms with E-state index >= 15 is 0 Å². The Morgan fingerprint density at radius 2 is 1.95 bits per heavy atom. The van der Waals surface area contributed by atoms with Gasteiger partial charge in [0.05, 0.1) is 18.7 Å². The molecule has 0 atom stereocenters. The van der Waals surface area contributed by atoms with E-state index in [1.807, 2.05) is 30.3 Å². The molecule has 0 saturated carbocycles. The van der Waals surface area contributed by atoms with Gasteiger partial charge in [-0.05, 0) is 12.1 Å². The maximum atomic E-state index is 11.8. The van der Waals surface area contributed by atoms with Gasteiger partial charge in [-0.3, -0.25) is 14.3 Å². The number of amides is 1. The summed E-state index contributed by atoms with van der Waals surface area (Å²) in [7, 11) is 0. The molecule has 2 rings (SSSR count). The zero-order valence-corrected chi connectivity index (χ0v) is 11.4. The number of aliphatic carboxylic acids is 1. The highest BCUT2D eigenvalue weighted by Gasteiger charge is 2.06. The first-order chi connectivity index (χ1) is 10.1. The Kier molecular flexibility index (Phi) is 5.03. The summed E-state index contributed by atoms with van der Waals surface area (Å²) in [6.45, 7) is 0.402. The Bertz CT molecular complexity index is 610. The summed E-state index contributed by atoms with van der Waals surface area (Å²) in [6, 6.07) is 9.21. The number of benzene rings is 1. The van der Waals surface area contributed by atoms with E-state index in [0.717, 1.165) is 5.69 Å². The number of aromatic nitrogens is 3. The lowest BCUT2D eigenvalue weighted by Crippen LogP contribution is -2.14. The molecule has 0 radical (unpaired) electrons. The molecule has 110 valence electrons. The number of carbonyl (C=O) groups excluding carboxylic acids is 1. The van der Waals surface area contributed by atoms with Crippen molar-refractivity contribution >= 4 is 17.6 Å². The second kappa shape index (κ2) is 7.18. The highest BCUT2D eigenvalue weighted by Crippen LogP contribution is 2.06. The van der Waals surface area contributed by atoms with Crippen LogP contribution in [0.4, 0.5) is 5.69 Å². The fourth-order valence-electron chi connectivity index (χ4n) is 1.76. The van der Waals surface area contributed by atoms with Crippen molar-refractivity contribution in [1.29, 1.82) is 0 Å². The standard InChI is InChI=1S/C14H16N4O3/c19-13(15-11-4-2-1-3-5-11)8-9-18-10-12(16-17-18)6-7-14(20)21/h1-5,10H,6-9H2,(H,15,19)(H,20,21). The molecule has 0 bridgehead atoms. The zero-order valence-electron chi connectivity index (χ0n) is 11.4. The molecule has 1 aromatic carbocycles. The number of nitrogens with one attached hydrogen (secondary N) is 1. The molecule has 0 aliphatic carbocycles. The molecule has 7 nitrogen and oxygen atoms in total. The van der Waals surface area contributed by atoms with Crippen LogP contribution in [0.25, 0.3) is 0 Å². The lowest BCUT2D eigenvalue weighted by atomic mass is 10.2. The molecule has 0 spiro atoms. The van der Waals surface area contributed by atoms with Crippen LogP contribution in [-0.4, -0.2) is 32.0 Å². The minimum atomic E-state index is -0.869. The quantitative estimate of drug-likeness (QED) is 0.801. The third-order valence-electron chi connectivity index (χ3n) is 2.81. The Hall–Kier alpha value is -2.70. The number of carboxylic acids is 1. The molecule has 0 unspecified atom stereocenters. The third kappa shape index (κ3) is 5.06. The van der Waals surface area contributed by atoms with Gasteiger partial charge in [-0.2, -0.15) is 0 Å². The van der Waals surface area contributed by atoms with Crippen molar-refractivity contribution in [2.45, 2.75) is 25.8 Å². The summed E-state index contributed by atoms with van der Waals surface area (Å²) in [5.41, 5.74) is 1.36. The van der Waals surface area contributed by atoms with Crippen LogP contribution in [0.2, 0.25) is 0 Å². The van der Waals surface area contributed by atoms with Crippen LogP contribution in [-0.2, 0) is 22.6 Å². The fourth-order valence-corrected chi connectivity index (χ4v) is 1.76. The van der Waals surface area contributed by atoms with Gasteiger partial charge in [0.1, 0.15) is 0 Å². The van der Waals surface area contributed by atoms with Crippen molar-refractivity contribution in [3.05, 3.63) is 42.2 Å². The number of hydrogen-bond acceptors (Lipinski definition) is 4. The van der Waals surface area contributed by atoms with Crippen LogP contribution in [0.5, 0.6) is 0 Å².